The number of carbonyl (C=O) groups excluding carboxylic acids is 1. The average Bonchev–Trinajstić information content (AvgIpc) is 3.02. The number of amides is 1. The molecule has 0 spiro atoms. The zero-order chi connectivity index (χ0) is 16.4. The summed E-state index contributed by atoms with van der Waals surface area (Å²) in [5.41, 5.74) is 2.45. The Morgan fingerprint density at radius 1 is 1.52 bits per heavy atom. The van der Waals surface area contributed by atoms with Gasteiger partial charge in [0.25, 0.3) is 5.91 Å². The summed E-state index contributed by atoms with van der Waals surface area (Å²) in [5.74, 6) is -0.0184. The molecule has 0 unspecified atom stereocenters. The molecular formula is C16H22N2O5. The lowest BCUT2D eigenvalue weighted by Crippen LogP contribution is -2.54. The average molecular weight is 322 g/mol. The third-order valence-electron chi connectivity index (χ3n) is 4.50. The first kappa shape index (κ1) is 16.2. The summed E-state index contributed by atoms with van der Waals surface area (Å²) in [5, 5.41) is 22.2. The molecule has 0 bridgehead atoms. The number of methoxy groups -OCH3 is 1. The van der Waals surface area contributed by atoms with Gasteiger partial charge in [0.05, 0.1) is 19.8 Å². The summed E-state index contributed by atoms with van der Waals surface area (Å²) in [6.07, 6.45) is 1.74. The highest BCUT2D eigenvalue weighted by Gasteiger charge is 2.34. The van der Waals surface area contributed by atoms with Gasteiger partial charge in [-0.3, -0.25) is 4.79 Å². The van der Waals surface area contributed by atoms with Crippen LogP contribution in [0.15, 0.2) is 6.07 Å². The molecule has 3 N–H and O–H groups in total. The Kier molecular flexibility index (Phi) is 4.79. The fourth-order valence-electron chi connectivity index (χ4n) is 3.21. The third-order valence-corrected chi connectivity index (χ3v) is 4.50. The Hall–Kier alpha value is -1.70. The molecule has 0 saturated carbocycles. The summed E-state index contributed by atoms with van der Waals surface area (Å²) in [4.78, 5) is 17.0. The predicted octanol–water partition coefficient (Wildman–Crippen LogP) is -0.181. The minimum atomic E-state index is -0.939. The van der Waals surface area contributed by atoms with Crippen molar-refractivity contribution in [2.45, 2.75) is 43.9 Å². The predicted molar refractivity (Wildman–Crippen MR) is 81.5 cm³/mol. The number of aliphatic hydroxyl groups is 2. The van der Waals surface area contributed by atoms with Crippen LogP contribution in [0.4, 0.5) is 0 Å². The molecule has 126 valence electrons. The number of aromatic nitrogens is 1. The van der Waals surface area contributed by atoms with Crippen molar-refractivity contribution in [3.8, 4) is 5.88 Å². The van der Waals surface area contributed by atoms with Crippen LogP contribution in [0, 0.1) is 0 Å². The van der Waals surface area contributed by atoms with Gasteiger partial charge in [-0.15, -0.1) is 0 Å². The molecule has 23 heavy (non-hydrogen) atoms. The molecule has 3 atom stereocenters. The van der Waals surface area contributed by atoms with Gasteiger partial charge in [0, 0.05) is 12.3 Å². The number of hydrogen-bond donors (Lipinski definition) is 3. The van der Waals surface area contributed by atoms with E-state index in [-0.39, 0.29) is 12.5 Å². The zero-order valence-corrected chi connectivity index (χ0v) is 13.1. The van der Waals surface area contributed by atoms with Gasteiger partial charge in [0.2, 0.25) is 5.88 Å². The Balaban J connectivity index is 1.78. The second kappa shape index (κ2) is 6.82. The van der Waals surface area contributed by atoms with Crippen LogP contribution in [0.2, 0.25) is 0 Å². The number of fused-ring (bicyclic) bond motifs is 1. The quantitative estimate of drug-likeness (QED) is 0.711. The molecule has 1 saturated heterocycles. The molecule has 2 heterocycles. The molecule has 1 aromatic heterocycles. The molecule has 1 fully saturated rings. The Morgan fingerprint density at radius 3 is 3.09 bits per heavy atom. The fourth-order valence-corrected chi connectivity index (χ4v) is 3.21. The van der Waals surface area contributed by atoms with E-state index in [0.29, 0.717) is 24.5 Å². The second-order valence-electron chi connectivity index (χ2n) is 5.96. The molecule has 1 aliphatic carbocycles. The van der Waals surface area contributed by atoms with E-state index in [4.69, 9.17) is 9.47 Å². The van der Waals surface area contributed by atoms with Crippen molar-refractivity contribution in [1.82, 2.24) is 10.3 Å². The number of nitrogens with one attached hydrogen (secondary N) is 1. The lowest BCUT2D eigenvalue weighted by molar-refractivity contribution is -0.107. The van der Waals surface area contributed by atoms with Gasteiger partial charge in [-0.1, -0.05) is 0 Å². The SMILES string of the molecule is COc1nc2c(cc1C(=O)N[C@H]1CCO[C@H](CO)[C@H]1O)CCC2. The molecule has 2 aliphatic rings. The molecule has 7 heteroatoms. The highest BCUT2D eigenvalue weighted by molar-refractivity contribution is 5.96. The van der Waals surface area contributed by atoms with Crippen LogP contribution in [0.5, 0.6) is 5.88 Å². The molecule has 1 aromatic rings. The smallest absolute Gasteiger partial charge is 0.257 e. The maximum atomic E-state index is 12.6. The monoisotopic (exact) mass is 322 g/mol. The van der Waals surface area contributed by atoms with Crippen LogP contribution in [-0.2, 0) is 17.6 Å². The van der Waals surface area contributed by atoms with Crippen molar-refractivity contribution in [3.05, 3.63) is 22.9 Å². The minimum Gasteiger partial charge on any atom is -0.480 e. The van der Waals surface area contributed by atoms with Crippen LogP contribution in [0.3, 0.4) is 0 Å². The first-order chi connectivity index (χ1) is 11.1. The van der Waals surface area contributed by atoms with Gasteiger partial charge in [-0.05, 0) is 37.3 Å². The summed E-state index contributed by atoms with van der Waals surface area (Å²) >= 11 is 0. The van der Waals surface area contributed by atoms with Crippen molar-refractivity contribution in [3.63, 3.8) is 0 Å². The van der Waals surface area contributed by atoms with Crippen molar-refractivity contribution in [2.75, 3.05) is 20.3 Å². The standard InChI is InChI=1S/C16H22N2O5/c1-22-16-10(7-9-3-2-4-11(9)18-16)15(21)17-12-5-6-23-13(8-19)14(12)20/h7,12-14,19-20H,2-6,8H2,1H3,(H,17,21)/t12-,13+,14-/m0/s1. The highest BCUT2D eigenvalue weighted by atomic mass is 16.5. The maximum absolute atomic E-state index is 12.6. The van der Waals surface area contributed by atoms with Gasteiger partial charge in [-0.25, -0.2) is 4.98 Å². The maximum Gasteiger partial charge on any atom is 0.257 e. The molecular weight excluding hydrogens is 300 g/mol. The third kappa shape index (κ3) is 3.17. The molecule has 0 radical (unpaired) electrons. The summed E-state index contributed by atoms with van der Waals surface area (Å²) < 4.78 is 10.5. The van der Waals surface area contributed by atoms with Gasteiger partial charge in [-0.2, -0.15) is 0 Å². The van der Waals surface area contributed by atoms with E-state index in [0.717, 1.165) is 30.5 Å². The van der Waals surface area contributed by atoms with Crippen molar-refractivity contribution in [1.29, 1.82) is 0 Å². The Labute approximate surface area is 134 Å². The lowest BCUT2D eigenvalue weighted by atomic mass is 9.99. The zero-order valence-electron chi connectivity index (χ0n) is 13.1. The number of carbonyl (C=O) groups is 1. The summed E-state index contributed by atoms with van der Waals surface area (Å²) in [6.45, 7) is 0.101. The lowest BCUT2D eigenvalue weighted by Gasteiger charge is -2.34. The van der Waals surface area contributed by atoms with E-state index in [2.05, 4.69) is 10.3 Å². The van der Waals surface area contributed by atoms with Crippen molar-refractivity contribution >= 4 is 5.91 Å². The Morgan fingerprint density at radius 2 is 2.35 bits per heavy atom. The summed E-state index contributed by atoms with van der Waals surface area (Å²) in [7, 11) is 1.49. The number of rotatable bonds is 4. The largest absolute Gasteiger partial charge is 0.480 e. The number of aliphatic hydroxyl groups excluding tert-OH is 2. The van der Waals surface area contributed by atoms with Crippen molar-refractivity contribution < 1.29 is 24.5 Å². The molecule has 7 nitrogen and oxygen atoms in total. The first-order valence-electron chi connectivity index (χ1n) is 7.92. The number of hydrogen-bond acceptors (Lipinski definition) is 6. The second-order valence-corrected chi connectivity index (χ2v) is 5.96. The molecule has 3 rings (SSSR count). The van der Waals surface area contributed by atoms with Crippen LogP contribution in [0.1, 0.15) is 34.5 Å². The van der Waals surface area contributed by atoms with E-state index >= 15 is 0 Å². The van der Waals surface area contributed by atoms with Crippen LogP contribution >= 0.6 is 0 Å². The molecule has 0 aromatic carbocycles. The van der Waals surface area contributed by atoms with E-state index < -0.39 is 18.2 Å². The van der Waals surface area contributed by atoms with E-state index in [1.807, 2.05) is 6.07 Å². The van der Waals surface area contributed by atoms with Gasteiger partial charge >= 0.3 is 0 Å². The highest BCUT2D eigenvalue weighted by Crippen LogP contribution is 2.27. The number of nitrogens with zero attached hydrogens (tertiary/aromatic N) is 1. The summed E-state index contributed by atoms with van der Waals surface area (Å²) in [6, 6.07) is 1.37. The Bertz CT molecular complexity index is 592. The van der Waals surface area contributed by atoms with Crippen LogP contribution in [-0.4, -0.2) is 59.7 Å². The van der Waals surface area contributed by atoms with Crippen molar-refractivity contribution in [2.24, 2.45) is 0 Å². The topological polar surface area (TPSA) is 101 Å². The molecule has 1 amide bonds. The number of aryl methyl sites for hydroxylation is 2. The van der Waals surface area contributed by atoms with Crippen LogP contribution < -0.4 is 10.1 Å². The number of pyridine rings is 1. The van der Waals surface area contributed by atoms with E-state index in [1.165, 1.54) is 7.11 Å². The molecule has 1 aliphatic heterocycles. The number of ether oxygens (including phenoxy) is 2. The fraction of sp³-hybridized carbons (Fsp3) is 0.625. The van der Waals surface area contributed by atoms with Gasteiger partial charge in [0.15, 0.2) is 0 Å². The van der Waals surface area contributed by atoms with Crippen LogP contribution in [0.25, 0.3) is 0 Å². The van der Waals surface area contributed by atoms with E-state index in [1.54, 1.807) is 0 Å². The minimum absolute atomic E-state index is 0.280. The first-order valence-corrected chi connectivity index (χ1v) is 7.92. The van der Waals surface area contributed by atoms with Gasteiger partial charge < -0.3 is 25.0 Å². The normalized spacial score (nSPS) is 26.7. The van der Waals surface area contributed by atoms with E-state index in [9.17, 15) is 15.0 Å². The van der Waals surface area contributed by atoms with Gasteiger partial charge in [0.1, 0.15) is 17.8 Å².